The zero-order valence-electron chi connectivity index (χ0n) is 11.4. The van der Waals surface area contributed by atoms with Crippen molar-refractivity contribution in [2.24, 2.45) is 5.41 Å². The summed E-state index contributed by atoms with van der Waals surface area (Å²) < 4.78 is 8.11. The van der Waals surface area contributed by atoms with E-state index >= 15 is 0 Å². The first kappa shape index (κ1) is 12.7. The molecule has 1 aliphatic rings. The Morgan fingerprint density at radius 3 is 2.84 bits per heavy atom. The molecule has 5 heteroatoms. The molecular weight excluding hydrogens is 258 g/mol. The van der Waals surface area contributed by atoms with E-state index in [0.29, 0.717) is 11.3 Å². The molecular formula is C14H19N3OS. The third kappa shape index (κ3) is 2.06. The van der Waals surface area contributed by atoms with Gasteiger partial charge in [-0.25, -0.2) is 0 Å². The highest BCUT2D eigenvalue weighted by molar-refractivity contribution is 7.71. The third-order valence-corrected chi connectivity index (χ3v) is 4.78. The monoisotopic (exact) mass is 277 g/mol. The van der Waals surface area contributed by atoms with Crippen LogP contribution in [0.1, 0.15) is 32.6 Å². The number of hydrogen-bond donors (Lipinski definition) is 1. The molecule has 3 rings (SSSR count). The van der Waals surface area contributed by atoms with Gasteiger partial charge in [-0.2, -0.15) is 4.98 Å². The van der Waals surface area contributed by atoms with Crippen LogP contribution in [0.15, 0.2) is 12.1 Å². The standard InChI is InChI=1S/C14H19N3OS/c1-3-14(7-4-8-14)9-17-12-10(15-13(17)19)5-6-11(16-12)18-2/h5-6H,3-4,7-9H2,1-2H3,(H,15,19). The molecule has 1 saturated carbocycles. The molecule has 2 heterocycles. The minimum Gasteiger partial charge on any atom is -0.481 e. The van der Waals surface area contributed by atoms with Crippen LogP contribution in [0.4, 0.5) is 0 Å². The maximum atomic E-state index is 5.45. The number of hydrogen-bond acceptors (Lipinski definition) is 3. The molecule has 1 N–H and O–H groups in total. The Bertz CT molecular complexity index is 649. The van der Waals surface area contributed by atoms with Gasteiger partial charge in [-0.3, -0.25) is 0 Å². The van der Waals surface area contributed by atoms with Crippen LogP contribution in [0.5, 0.6) is 5.88 Å². The number of rotatable bonds is 4. The first-order valence-electron chi connectivity index (χ1n) is 6.81. The van der Waals surface area contributed by atoms with Crippen LogP contribution in [0.2, 0.25) is 0 Å². The minimum absolute atomic E-state index is 0.415. The van der Waals surface area contributed by atoms with E-state index in [1.165, 1.54) is 25.7 Å². The Balaban J connectivity index is 2.06. The first-order chi connectivity index (χ1) is 9.17. The van der Waals surface area contributed by atoms with E-state index in [0.717, 1.165) is 22.5 Å². The molecule has 0 aromatic carbocycles. The van der Waals surface area contributed by atoms with E-state index in [4.69, 9.17) is 17.0 Å². The van der Waals surface area contributed by atoms with Crippen LogP contribution in [0.25, 0.3) is 11.2 Å². The molecule has 1 aliphatic carbocycles. The maximum Gasteiger partial charge on any atom is 0.215 e. The quantitative estimate of drug-likeness (QED) is 0.867. The van der Waals surface area contributed by atoms with Gasteiger partial charge in [-0.15, -0.1) is 0 Å². The lowest BCUT2D eigenvalue weighted by Gasteiger charge is -2.41. The molecule has 0 radical (unpaired) electrons. The number of nitrogens with zero attached hydrogens (tertiary/aromatic N) is 2. The zero-order valence-corrected chi connectivity index (χ0v) is 12.2. The van der Waals surface area contributed by atoms with Crippen LogP contribution in [-0.4, -0.2) is 21.6 Å². The second kappa shape index (κ2) is 4.63. The molecule has 0 amide bonds. The molecule has 2 aromatic heterocycles. The van der Waals surface area contributed by atoms with E-state index in [9.17, 15) is 0 Å². The lowest BCUT2D eigenvalue weighted by atomic mass is 9.67. The average molecular weight is 277 g/mol. The van der Waals surface area contributed by atoms with Crippen molar-refractivity contribution in [1.82, 2.24) is 14.5 Å². The van der Waals surface area contributed by atoms with Crippen molar-refractivity contribution < 1.29 is 4.74 Å². The molecule has 19 heavy (non-hydrogen) atoms. The zero-order chi connectivity index (χ0) is 13.5. The van der Waals surface area contributed by atoms with Gasteiger partial charge >= 0.3 is 0 Å². The van der Waals surface area contributed by atoms with E-state index < -0.39 is 0 Å². The van der Waals surface area contributed by atoms with Gasteiger partial charge in [0, 0.05) is 12.6 Å². The number of aromatic amines is 1. The number of pyridine rings is 1. The average Bonchev–Trinajstić information content (AvgIpc) is 2.69. The Morgan fingerprint density at radius 1 is 1.47 bits per heavy atom. The van der Waals surface area contributed by atoms with Gasteiger partial charge < -0.3 is 14.3 Å². The van der Waals surface area contributed by atoms with Crippen LogP contribution in [0, 0.1) is 10.2 Å². The van der Waals surface area contributed by atoms with Gasteiger partial charge in [0.1, 0.15) is 0 Å². The summed E-state index contributed by atoms with van der Waals surface area (Å²) >= 11 is 5.45. The number of imidazole rings is 1. The van der Waals surface area contributed by atoms with Gasteiger partial charge in [0.2, 0.25) is 5.88 Å². The largest absolute Gasteiger partial charge is 0.481 e. The van der Waals surface area contributed by atoms with Crippen molar-refractivity contribution in [3.05, 3.63) is 16.9 Å². The highest BCUT2D eigenvalue weighted by Crippen LogP contribution is 2.45. The maximum absolute atomic E-state index is 5.45. The van der Waals surface area contributed by atoms with Crippen molar-refractivity contribution >= 4 is 23.4 Å². The van der Waals surface area contributed by atoms with Crippen molar-refractivity contribution in [1.29, 1.82) is 0 Å². The summed E-state index contributed by atoms with van der Waals surface area (Å²) in [5, 5.41) is 0. The molecule has 0 atom stereocenters. The molecule has 1 fully saturated rings. The van der Waals surface area contributed by atoms with E-state index in [1.807, 2.05) is 12.1 Å². The van der Waals surface area contributed by atoms with Gasteiger partial charge in [-0.05, 0) is 43.0 Å². The van der Waals surface area contributed by atoms with Gasteiger partial charge in [0.25, 0.3) is 0 Å². The first-order valence-corrected chi connectivity index (χ1v) is 7.22. The van der Waals surface area contributed by atoms with E-state index in [2.05, 4.69) is 21.5 Å². The third-order valence-electron chi connectivity index (χ3n) is 4.46. The second-order valence-electron chi connectivity index (χ2n) is 5.45. The van der Waals surface area contributed by atoms with Crippen molar-refractivity contribution in [3.63, 3.8) is 0 Å². The van der Waals surface area contributed by atoms with Crippen LogP contribution in [0.3, 0.4) is 0 Å². The molecule has 102 valence electrons. The molecule has 0 unspecified atom stereocenters. The summed E-state index contributed by atoms with van der Waals surface area (Å²) in [7, 11) is 1.64. The number of ether oxygens (including phenoxy) is 1. The molecule has 4 nitrogen and oxygen atoms in total. The molecule has 0 spiro atoms. The highest BCUT2D eigenvalue weighted by atomic mass is 32.1. The van der Waals surface area contributed by atoms with Gasteiger partial charge in [0.15, 0.2) is 10.4 Å². The summed E-state index contributed by atoms with van der Waals surface area (Å²) in [6.07, 6.45) is 5.12. The fourth-order valence-electron chi connectivity index (χ4n) is 2.91. The second-order valence-corrected chi connectivity index (χ2v) is 5.83. The Kier molecular flexibility index (Phi) is 3.09. The normalized spacial score (nSPS) is 17.4. The van der Waals surface area contributed by atoms with Crippen LogP contribution < -0.4 is 4.74 Å². The molecule has 0 saturated heterocycles. The van der Waals surface area contributed by atoms with E-state index in [-0.39, 0.29) is 0 Å². The topological polar surface area (TPSA) is 42.8 Å². The van der Waals surface area contributed by atoms with E-state index in [1.54, 1.807) is 7.11 Å². The molecule has 0 bridgehead atoms. The minimum atomic E-state index is 0.415. The van der Waals surface area contributed by atoms with Crippen LogP contribution >= 0.6 is 12.2 Å². The van der Waals surface area contributed by atoms with Crippen molar-refractivity contribution in [2.45, 2.75) is 39.2 Å². The van der Waals surface area contributed by atoms with Crippen LogP contribution in [-0.2, 0) is 6.54 Å². The van der Waals surface area contributed by atoms with Crippen molar-refractivity contribution in [3.8, 4) is 5.88 Å². The van der Waals surface area contributed by atoms with Gasteiger partial charge in [-0.1, -0.05) is 13.3 Å². The molecule has 2 aromatic rings. The fraction of sp³-hybridized carbons (Fsp3) is 0.571. The lowest BCUT2D eigenvalue weighted by molar-refractivity contribution is 0.101. The smallest absolute Gasteiger partial charge is 0.215 e. The Morgan fingerprint density at radius 2 is 2.26 bits per heavy atom. The predicted octanol–water partition coefficient (Wildman–Crippen LogP) is 3.68. The number of aromatic nitrogens is 3. The van der Waals surface area contributed by atoms with Gasteiger partial charge in [0.05, 0.1) is 12.6 Å². The number of nitrogens with one attached hydrogen (secondary N) is 1. The Hall–Kier alpha value is -1.36. The predicted molar refractivity (Wildman–Crippen MR) is 78.0 cm³/mol. The lowest BCUT2D eigenvalue weighted by Crippen LogP contribution is -2.33. The summed E-state index contributed by atoms with van der Waals surface area (Å²) in [6, 6.07) is 3.84. The Labute approximate surface area is 117 Å². The fourth-order valence-corrected chi connectivity index (χ4v) is 3.17. The highest BCUT2D eigenvalue weighted by Gasteiger charge is 2.36. The summed E-state index contributed by atoms with van der Waals surface area (Å²) in [6.45, 7) is 3.23. The summed E-state index contributed by atoms with van der Waals surface area (Å²) in [4.78, 5) is 7.77. The number of methoxy groups -OCH3 is 1. The van der Waals surface area contributed by atoms with Crippen molar-refractivity contribution in [2.75, 3.05) is 7.11 Å². The number of H-pyrrole nitrogens is 1. The summed E-state index contributed by atoms with van der Waals surface area (Å²) in [5.74, 6) is 0.634. The molecule has 0 aliphatic heterocycles. The SMILES string of the molecule is CCC1(Cn2c(=S)[nH]c3ccc(OC)nc32)CCC1. The summed E-state index contributed by atoms with van der Waals surface area (Å²) in [5.41, 5.74) is 2.30. The number of fused-ring (bicyclic) bond motifs is 1.